The summed E-state index contributed by atoms with van der Waals surface area (Å²) in [6.45, 7) is 2.85. The Bertz CT molecular complexity index is 849. The lowest BCUT2D eigenvalue weighted by Gasteiger charge is -2.36. The molecule has 3 heterocycles. The number of fused-ring (bicyclic) bond motifs is 1. The highest BCUT2D eigenvalue weighted by Crippen LogP contribution is 2.17. The summed E-state index contributed by atoms with van der Waals surface area (Å²) in [6, 6.07) is 12.3. The summed E-state index contributed by atoms with van der Waals surface area (Å²) in [5.41, 5.74) is 2.64. The number of carbonyl (C=O) groups is 1. The number of aromatic nitrogens is 2. The standard InChI is InChI=1S/C19H19FN4O/c20-15-4-6-17(7-5-15)22-9-11-23(12-10-22)19(25)13-16-14-24-8-2-1-3-18(24)21-16/h1-8,14H,9-13H2. The molecular weight excluding hydrogens is 319 g/mol. The average molecular weight is 338 g/mol. The Morgan fingerprint density at radius 2 is 1.80 bits per heavy atom. The average Bonchev–Trinajstić information content (AvgIpc) is 3.05. The molecule has 0 N–H and O–H groups in total. The molecule has 5 nitrogen and oxygen atoms in total. The van der Waals surface area contributed by atoms with Crippen molar-refractivity contribution in [3.63, 3.8) is 0 Å². The number of hydrogen-bond donors (Lipinski definition) is 0. The first-order valence-corrected chi connectivity index (χ1v) is 8.40. The minimum Gasteiger partial charge on any atom is -0.368 e. The van der Waals surface area contributed by atoms with E-state index in [-0.39, 0.29) is 11.7 Å². The summed E-state index contributed by atoms with van der Waals surface area (Å²) >= 11 is 0. The number of anilines is 1. The summed E-state index contributed by atoms with van der Waals surface area (Å²) in [5, 5.41) is 0. The summed E-state index contributed by atoms with van der Waals surface area (Å²) in [4.78, 5) is 21.1. The van der Waals surface area contributed by atoms with Crippen LogP contribution < -0.4 is 4.90 Å². The van der Waals surface area contributed by atoms with Gasteiger partial charge in [0.2, 0.25) is 5.91 Å². The first-order valence-electron chi connectivity index (χ1n) is 8.40. The number of pyridine rings is 1. The van der Waals surface area contributed by atoms with Crippen LogP contribution in [-0.4, -0.2) is 46.4 Å². The highest BCUT2D eigenvalue weighted by Gasteiger charge is 2.22. The van der Waals surface area contributed by atoms with Crippen molar-refractivity contribution < 1.29 is 9.18 Å². The van der Waals surface area contributed by atoms with Gasteiger partial charge in [-0.15, -0.1) is 0 Å². The monoisotopic (exact) mass is 338 g/mol. The van der Waals surface area contributed by atoms with E-state index in [1.54, 1.807) is 12.1 Å². The van der Waals surface area contributed by atoms with Crippen LogP contribution in [0.25, 0.3) is 5.65 Å². The van der Waals surface area contributed by atoms with Gasteiger partial charge in [-0.05, 0) is 36.4 Å². The molecule has 1 fully saturated rings. The zero-order valence-electron chi connectivity index (χ0n) is 13.8. The number of imidazole rings is 1. The number of amides is 1. The normalized spacial score (nSPS) is 14.9. The van der Waals surface area contributed by atoms with Gasteiger partial charge in [-0.2, -0.15) is 0 Å². The largest absolute Gasteiger partial charge is 0.368 e. The number of rotatable bonds is 3. The van der Waals surface area contributed by atoms with Crippen LogP contribution in [0.3, 0.4) is 0 Å². The van der Waals surface area contributed by atoms with Gasteiger partial charge >= 0.3 is 0 Å². The van der Waals surface area contributed by atoms with Gasteiger partial charge < -0.3 is 14.2 Å². The third-order valence-corrected chi connectivity index (χ3v) is 4.57. The van der Waals surface area contributed by atoms with E-state index >= 15 is 0 Å². The van der Waals surface area contributed by atoms with Crippen LogP contribution in [0, 0.1) is 5.82 Å². The topological polar surface area (TPSA) is 40.9 Å². The lowest BCUT2D eigenvalue weighted by molar-refractivity contribution is -0.130. The first-order chi connectivity index (χ1) is 12.2. The van der Waals surface area contributed by atoms with E-state index in [1.165, 1.54) is 12.1 Å². The molecule has 0 atom stereocenters. The Balaban J connectivity index is 1.37. The van der Waals surface area contributed by atoms with E-state index in [4.69, 9.17) is 0 Å². The van der Waals surface area contributed by atoms with E-state index in [2.05, 4.69) is 9.88 Å². The zero-order chi connectivity index (χ0) is 17.2. The van der Waals surface area contributed by atoms with Crippen molar-refractivity contribution in [2.45, 2.75) is 6.42 Å². The SMILES string of the molecule is O=C(Cc1cn2ccccc2n1)N1CCN(c2ccc(F)cc2)CC1. The number of hydrogen-bond acceptors (Lipinski definition) is 3. The molecule has 0 unspecified atom stereocenters. The molecule has 0 aliphatic carbocycles. The van der Waals surface area contributed by atoms with Gasteiger partial charge in [-0.3, -0.25) is 4.79 Å². The summed E-state index contributed by atoms with van der Waals surface area (Å²) in [6.07, 6.45) is 4.15. The third-order valence-electron chi connectivity index (χ3n) is 4.57. The molecule has 3 aromatic rings. The Hall–Kier alpha value is -2.89. The van der Waals surface area contributed by atoms with Gasteiger partial charge in [0.05, 0.1) is 12.1 Å². The maximum absolute atomic E-state index is 13.0. The second-order valence-corrected chi connectivity index (χ2v) is 6.22. The maximum atomic E-state index is 13.0. The predicted molar refractivity (Wildman–Crippen MR) is 94.1 cm³/mol. The first kappa shape index (κ1) is 15.6. The lowest BCUT2D eigenvalue weighted by atomic mass is 10.2. The van der Waals surface area contributed by atoms with Crippen molar-refractivity contribution in [2.75, 3.05) is 31.1 Å². The molecule has 4 rings (SSSR count). The van der Waals surface area contributed by atoms with E-state index in [0.717, 1.165) is 30.1 Å². The highest BCUT2D eigenvalue weighted by atomic mass is 19.1. The molecule has 6 heteroatoms. The van der Waals surface area contributed by atoms with Crippen LogP contribution in [0.4, 0.5) is 10.1 Å². The highest BCUT2D eigenvalue weighted by molar-refractivity contribution is 5.78. The Morgan fingerprint density at radius 1 is 1.04 bits per heavy atom. The predicted octanol–water partition coefficient (Wildman–Crippen LogP) is 2.36. The van der Waals surface area contributed by atoms with Crippen molar-refractivity contribution in [2.24, 2.45) is 0 Å². The molecule has 1 saturated heterocycles. The minimum atomic E-state index is -0.231. The lowest BCUT2D eigenvalue weighted by Crippen LogP contribution is -2.49. The van der Waals surface area contributed by atoms with Crippen LogP contribution in [0.1, 0.15) is 5.69 Å². The van der Waals surface area contributed by atoms with Crippen LogP contribution in [0.2, 0.25) is 0 Å². The molecule has 1 aromatic carbocycles. The molecule has 128 valence electrons. The minimum absolute atomic E-state index is 0.0992. The summed E-state index contributed by atoms with van der Waals surface area (Å²) in [7, 11) is 0. The zero-order valence-corrected chi connectivity index (χ0v) is 13.8. The van der Waals surface area contributed by atoms with Gasteiger partial charge in [0.25, 0.3) is 0 Å². The van der Waals surface area contributed by atoms with Gasteiger partial charge in [-0.1, -0.05) is 6.07 Å². The number of halogens is 1. The Kier molecular flexibility index (Phi) is 4.09. The molecule has 0 radical (unpaired) electrons. The van der Waals surface area contributed by atoms with Gasteiger partial charge in [0, 0.05) is 44.3 Å². The van der Waals surface area contributed by atoms with Crippen molar-refractivity contribution in [1.29, 1.82) is 0 Å². The molecule has 1 aliphatic heterocycles. The number of carbonyl (C=O) groups excluding carboxylic acids is 1. The molecule has 1 amide bonds. The van der Waals surface area contributed by atoms with Crippen LogP contribution in [0.15, 0.2) is 54.9 Å². The van der Waals surface area contributed by atoms with Crippen LogP contribution in [-0.2, 0) is 11.2 Å². The van der Waals surface area contributed by atoms with Gasteiger partial charge in [0.1, 0.15) is 11.5 Å². The fourth-order valence-electron chi connectivity index (χ4n) is 3.21. The van der Waals surface area contributed by atoms with Gasteiger partial charge in [-0.25, -0.2) is 9.37 Å². The second-order valence-electron chi connectivity index (χ2n) is 6.22. The fourth-order valence-corrected chi connectivity index (χ4v) is 3.21. The fraction of sp³-hybridized carbons (Fsp3) is 0.263. The molecule has 2 aromatic heterocycles. The molecule has 0 saturated carbocycles. The Morgan fingerprint density at radius 3 is 2.52 bits per heavy atom. The van der Waals surface area contributed by atoms with E-state index in [1.807, 2.05) is 39.9 Å². The molecule has 1 aliphatic rings. The molecular formula is C19H19FN4O. The van der Waals surface area contributed by atoms with E-state index < -0.39 is 0 Å². The van der Waals surface area contributed by atoms with E-state index in [9.17, 15) is 9.18 Å². The quantitative estimate of drug-likeness (QED) is 0.736. The Labute approximate surface area is 145 Å². The second kappa shape index (κ2) is 6.55. The summed E-state index contributed by atoms with van der Waals surface area (Å²) < 4.78 is 15.0. The number of benzene rings is 1. The number of piperazine rings is 1. The number of nitrogens with zero attached hydrogens (tertiary/aromatic N) is 4. The van der Waals surface area contributed by atoms with Crippen LogP contribution >= 0.6 is 0 Å². The summed E-state index contributed by atoms with van der Waals surface area (Å²) in [5.74, 6) is -0.132. The van der Waals surface area contributed by atoms with Gasteiger partial charge in [0.15, 0.2) is 0 Å². The van der Waals surface area contributed by atoms with E-state index in [0.29, 0.717) is 19.5 Å². The van der Waals surface area contributed by atoms with Crippen LogP contribution in [0.5, 0.6) is 0 Å². The maximum Gasteiger partial charge on any atom is 0.228 e. The molecule has 0 bridgehead atoms. The van der Waals surface area contributed by atoms with Crippen molar-refractivity contribution >= 4 is 17.2 Å². The third kappa shape index (κ3) is 3.33. The molecule has 25 heavy (non-hydrogen) atoms. The van der Waals surface area contributed by atoms with Crippen molar-refractivity contribution in [1.82, 2.24) is 14.3 Å². The smallest absolute Gasteiger partial charge is 0.228 e. The van der Waals surface area contributed by atoms with Crippen molar-refractivity contribution in [3.8, 4) is 0 Å². The van der Waals surface area contributed by atoms with Crippen molar-refractivity contribution in [3.05, 3.63) is 66.4 Å². The molecule has 0 spiro atoms.